The van der Waals surface area contributed by atoms with Gasteiger partial charge in [-0.2, -0.15) is 18.2 Å². The third kappa shape index (κ3) is 4.69. The number of alkyl halides is 3. The van der Waals surface area contributed by atoms with Gasteiger partial charge in [-0.1, -0.05) is 0 Å². The molecule has 0 saturated carbocycles. The van der Waals surface area contributed by atoms with Crippen LogP contribution < -0.4 is 15.5 Å². The lowest BCUT2D eigenvalue weighted by Gasteiger charge is -2.53. The molecule has 0 bridgehead atoms. The number of benzene rings is 1. The minimum absolute atomic E-state index is 0.108. The van der Waals surface area contributed by atoms with E-state index in [1.807, 2.05) is 10.2 Å². The van der Waals surface area contributed by atoms with Gasteiger partial charge in [-0.05, 0) is 50.6 Å². The molecule has 3 saturated heterocycles. The molecule has 1 aromatic carbocycles. The maximum atomic E-state index is 14.9. The summed E-state index contributed by atoms with van der Waals surface area (Å²) in [6, 6.07) is 1.86. The molecule has 3 fully saturated rings. The molecule has 1 unspecified atom stereocenters. The van der Waals surface area contributed by atoms with Gasteiger partial charge < -0.3 is 15.1 Å². The van der Waals surface area contributed by atoms with Crippen molar-refractivity contribution in [1.82, 2.24) is 15.7 Å². The molecule has 4 rings (SSSR count). The van der Waals surface area contributed by atoms with Crippen molar-refractivity contribution in [3.8, 4) is 0 Å². The van der Waals surface area contributed by atoms with Crippen LogP contribution in [0.25, 0.3) is 0 Å². The van der Waals surface area contributed by atoms with Crippen molar-refractivity contribution < 1.29 is 41.6 Å². The molecular formula is C21H22F4N4O5. The minimum atomic E-state index is -5.47. The van der Waals surface area contributed by atoms with Crippen molar-refractivity contribution >= 4 is 29.4 Å². The van der Waals surface area contributed by atoms with Gasteiger partial charge in [0.25, 0.3) is 11.8 Å². The minimum Gasteiger partial charge on any atom is -0.370 e. The highest BCUT2D eigenvalue weighted by Gasteiger charge is 2.47. The Morgan fingerprint density at radius 2 is 1.82 bits per heavy atom. The fourth-order valence-corrected chi connectivity index (χ4v) is 4.51. The van der Waals surface area contributed by atoms with E-state index in [4.69, 9.17) is 0 Å². The fourth-order valence-electron chi connectivity index (χ4n) is 4.51. The summed E-state index contributed by atoms with van der Waals surface area (Å²) in [7, 11) is 0. The first-order valence-corrected chi connectivity index (χ1v) is 10.7. The Hall–Kier alpha value is -3.22. The summed E-state index contributed by atoms with van der Waals surface area (Å²) >= 11 is 0. The van der Waals surface area contributed by atoms with E-state index in [0.717, 1.165) is 38.1 Å². The first kappa shape index (κ1) is 23.9. The van der Waals surface area contributed by atoms with Gasteiger partial charge in [0.15, 0.2) is 6.04 Å². The number of piperidine rings is 2. The van der Waals surface area contributed by atoms with Gasteiger partial charge in [-0.15, -0.1) is 0 Å². The average molecular weight is 486 g/mol. The largest absolute Gasteiger partial charge is 0.493 e. The lowest BCUT2D eigenvalue weighted by atomic mass is 9.72. The van der Waals surface area contributed by atoms with Crippen molar-refractivity contribution in [3.05, 3.63) is 29.6 Å². The molecule has 1 spiro atoms. The predicted octanol–water partition coefficient (Wildman–Crippen LogP) is 1.28. The number of anilines is 1. The number of hydroxylamine groups is 2. The second-order valence-corrected chi connectivity index (χ2v) is 8.74. The highest BCUT2D eigenvalue weighted by molar-refractivity contribution is 6.04. The molecule has 3 heterocycles. The third-order valence-electron chi connectivity index (χ3n) is 6.37. The van der Waals surface area contributed by atoms with Crippen molar-refractivity contribution in [2.75, 3.05) is 31.1 Å². The number of carbonyl (C=O) groups is 4. The lowest BCUT2D eigenvalue weighted by Crippen LogP contribution is -2.60. The zero-order valence-electron chi connectivity index (χ0n) is 17.9. The smallest absolute Gasteiger partial charge is 0.370 e. The molecule has 0 aromatic heterocycles. The van der Waals surface area contributed by atoms with E-state index in [1.165, 1.54) is 6.07 Å². The van der Waals surface area contributed by atoms with Crippen LogP contribution in [0.2, 0.25) is 0 Å². The van der Waals surface area contributed by atoms with E-state index in [-0.39, 0.29) is 16.9 Å². The number of hydrogen-bond acceptors (Lipinski definition) is 7. The Morgan fingerprint density at radius 3 is 2.41 bits per heavy atom. The molecule has 1 atom stereocenters. The number of rotatable bonds is 3. The molecule has 0 aliphatic carbocycles. The Morgan fingerprint density at radius 1 is 1.15 bits per heavy atom. The highest BCUT2D eigenvalue weighted by atomic mass is 19.4. The number of imide groups is 1. The second kappa shape index (κ2) is 8.85. The number of carbonyl (C=O) groups excluding carboxylic acids is 4. The molecule has 1 aromatic rings. The Labute approximate surface area is 191 Å². The van der Waals surface area contributed by atoms with E-state index < -0.39 is 53.7 Å². The van der Waals surface area contributed by atoms with Crippen LogP contribution in [0.3, 0.4) is 0 Å². The Balaban J connectivity index is 1.54. The second-order valence-electron chi connectivity index (χ2n) is 8.74. The van der Waals surface area contributed by atoms with Crippen molar-refractivity contribution in [1.29, 1.82) is 0 Å². The van der Waals surface area contributed by atoms with E-state index in [2.05, 4.69) is 10.2 Å². The van der Waals surface area contributed by atoms with E-state index in [9.17, 15) is 36.7 Å². The molecule has 13 heteroatoms. The van der Waals surface area contributed by atoms with Gasteiger partial charge in [0.1, 0.15) is 5.82 Å². The SMILES string of the molecule is O=C1CCC(N(OC(=O)C(F)(F)F)C(=O)c2ccc(N3CC4(CCNCC4)C3)cc2F)C(=O)N1. The fraction of sp³-hybridized carbons (Fsp3) is 0.524. The van der Waals surface area contributed by atoms with Gasteiger partial charge in [0.05, 0.1) is 5.56 Å². The van der Waals surface area contributed by atoms with Gasteiger partial charge in [-0.25, -0.2) is 9.18 Å². The van der Waals surface area contributed by atoms with E-state index in [1.54, 1.807) is 0 Å². The monoisotopic (exact) mass is 486 g/mol. The zero-order valence-corrected chi connectivity index (χ0v) is 17.9. The summed E-state index contributed by atoms with van der Waals surface area (Å²) in [5, 5.41) is 5.04. The Kier molecular flexibility index (Phi) is 6.23. The number of halogens is 4. The molecule has 184 valence electrons. The number of hydrogen-bond donors (Lipinski definition) is 2. The molecule has 2 N–H and O–H groups in total. The molecule has 3 aliphatic heterocycles. The maximum Gasteiger partial charge on any atom is 0.493 e. The third-order valence-corrected chi connectivity index (χ3v) is 6.37. The molecule has 0 radical (unpaired) electrons. The van der Waals surface area contributed by atoms with Crippen LogP contribution in [0.4, 0.5) is 23.2 Å². The first-order chi connectivity index (χ1) is 16.0. The molecule has 34 heavy (non-hydrogen) atoms. The van der Waals surface area contributed by atoms with Crippen LogP contribution >= 0.6 is 0 Å². The van der Waals surface area contributed by atoms with Crippen molar-refractivity contribution in [2.45, 2.75) is 37.9 Å². The molecule has 9 nitrogen and oxygen atoms in total. The first-order valence-electron chi connectivity index (χ1n) is 10.7. The lowest BCUT2D eigenvalue weighted by molar-refractivity contribution is -0.234. The van der Waals surface area contributed by atoms with Gasteiger partial charge in [-0.3, -0.25) is 19.7 Å². The summed E-state index contributed by atoms with van der Waals surface area (Å²) < 4.78 is 53.2. The molecule has 3 aliphatic rings. The Bertz CT molecular complexity index is 1020. The van der Waals surface area contributed by atoms with Crippen LogP contribution in [0.15, 0.2) is 18.2 Å². The summed E-state index contributed by atoms with van der Waals surface area (Å²) in [6.45, 7) is 3.24. The van der Waals surface area contributed by atoms with Gasteiger partial charge in [0.2, 0.25) is 5.91 Å². The van der Waals surface area contributed by atoms with Crippen LogP contribution in [0.5, 0.6) is 0 Å². The average Bonchev–Trinajstić information content (AvgIpc) is 2.75. The molecular weight excluding hydrogens is 464 g/mol. The summed E-state index contributed by atoms with van der Waals surface area (Å²) in [4.78, 5) is 53.9. The van der Waals surface area contributed by atoms with Gasteiger partial charge in [0, 0.05) is 30.6 Å². The molecule has 3 amide bonds. The quantitative estimate of drug-likeness (QED) is 0.377. The van der Waals surface area contributed by atoms with Crippen LogP contribution in [-0.4, -0.2) is 67.2 Å². The highest BCUT2D eigenvalue weighted by Crippen LogP contribution is 2.41. The maximum absolute atomic E-state index is 14.9. The number of nitrogens with one attached hydrogen (secondary N) is 2. The number of amides is 3. The van der Waals surface area contributed by atoms with Crippen LogP contribution in [0, 0.1) is 11.2 Å². The van der Waals surface area contributed by atoms with Crippen LogP contribution in [-0.2, 0) is 19.2 Å². The predicted molar refractivity (Wildman–Crippen MR) is 108 cm³/mol. The van der Waals surface area contributed by atoms with Crippen LogP contribution in [0.1, 0.15) is 36.0 Å². The summed E-state index contributed by atoms with van der Waals surface area (Å²) in [6.07, 6.45) is -4.19. The zero-order chi connectivity index (χ0) is 24.7. The standard InChI is InChI=1S/C21H22F4N4O5/c22-14-9-12(28-10-20(11-28)5-7-26-8-6-20)1-2-13(14)18(32)29(34-19(33)21(23,24)25)15-3-4-16(30)27-17(15)31/h1-2,9,15,26H,3-8,10-11H2,(H,27,30,31). The van der Waals surface area contributed by atoms with Crippen molar-refractivity contribution in [3.63, 3.8) is 0 Å². The number of nitrogens with zero attached hydrogens (tertiary/aromatic N) is 2. The summed E-state index contributed by atoms with van der Waals surface area (Å²) in [5.41, 5.74) is -0.0245. The van der Waals surface area contributed by atoms with E-state index >= 15 is 0 Å². The normalized spacial score (nSPS) is 22.1. The topological polar surface area (TPSA) is 108 Å². The van der Waals surface area contributed by atoms with E-state index in [0.29, 0.717) is 18.8 Å². The van der Waals surface area contributed by atoms with Crippen molar-refractivity contribution in [2.24, 2.45) is 5.41 Å². The summed E-state index contributed by atoms with van der Waals surface area (Å²) in [5.74, 6) is -7.09. The van der Waals surface area contributed by atoms with Gasteiger partial charge >= 0.3 is 12.1 Å².